The molecule has 0 radical (unpaired) electrons. The molecule has 0 bridgehead atoms. The Morgan fingerprint density at radius 1 is 1.43 bits per heavy atom. The standard InChI is InChI=1S/C11H20N2O/c1-4-10(5-2)9(3)13-7-11-6-12-8-14-11/h6,8-10,13H,4-5,7H2,1-3H3. The summed E-state index contributed by atoms with van der Waals surface area (Å²) in [7, 11) is 0. The second-order valence-corrected chi connectivity index (χ2v) is 3.71. The van der Waals surface area contributed by atoms with Crippen LogP contribution < -0.4 is 5.32 Å². The highest BCUT2D eigenvalue weighted by molar-refractivity contribution is 4.88. The van der Waals surface area contributed by atoms with Crippen molar-refractivity contribution in [2.75, 3.05) is 0 Å². The zero-order chi connectivity index (χ0) is 10.4. The fourth-order valence-electron chi connectivity index (χ4n) is 1.75. The van der Waals surface area contributed by atoms with Crippen LogP contribution in [0, 0.1) is 5.92 Å². The maximum absolute atomic E-state index is 5.16. The Bertz CT molecular complexity index is 229. The monoisotopic (exact) mass is 196 g/mol. The Labute approximate surface area is 85.9 Å². The predicted octanol–water partition coefficient (Wildman–Crippen LogP) is 2.59. The molecule has 1 N–H and O–H groups in total. The molecule has 1 unspecified atom stereocenters. The minimum atomic E-state index is 0.537. The summed E-state index contributed by atoms with van der Waals surface area (Å²) in [6.45, 7) is 7.48. The molecule has 1 rings (SSSR count). The molecule has 0 fully saturated rings. The van der Waals surface area contributed by atoms with Crippen LogP contribution in [0.4, 0.5) is 0 Å². The Morgan fingerprint density at radius 2 is 2.14 bits per heavy atom. The van der Waals surface area contributed by atoms with Gasteiger partial charge in [-0.15, -0.1) is 0 Å². The van der Waals surface area contributed by atoms with Gasteiger partial charge in [0, 0.05) is 6.04 Å². The lowest BCUT2D eigenvalue weighted by atomic mass is 9.95. The third kappa shape index (κ3) is 3.14. The van der Waals surface area contributed by atoms with Gasteiger partial charge in [-0.3, -0.25) is 0 Å². The smallest absolute Gasteiger partial charge is 0.180 e. The van der Waals surface area contributed by atoms with Crippen LogP contribution in [-0.4, -0.2) is 11.0 Å². The van der Waals surface area contributed by atoms with Crippen molar-refractivity contribution in [2.24, 2.45) is 5.92 Å². The number of aromatic nitrogens is 1. The molecule has 0 aromatic carbocycles. The van der Waals surface area contributed by atoms with Crippen molar-refractivity contribution in [1.29, 1.82) is 0 Å². The van der Waals surface area contributed by atoms with Gasteiger partial charge in [0.1, 0.15) is 5.76 Å². The van der Waals surface area contributed by atoms with Crippen molar-refractivity contribution in [3.63, 3.8) is 0 Å². The SMILES string of the molecule is CCC(CC)C(C)NCc1cnco1. The third-order valence-electron chi connectivity index (χ3n) is 2.84. The molecule has 0 saturated carbocycles. The lowest BCUT2D eigenvalue weighted by Gasteiger charge is -2.21. The van der Waals surface area contributed by atoms with Crippen LogP contribution in [0.5, 0.6) is 0 Å². The van der Waals surface area contributed by atoms with Crippen molar-refractivity contribution >= 4 is 0 Å². The summed E-state index contributed by atoms with van der Waals surface area (Å²) in [5, 5.41) is 3.45. The molecule has 3 nitrogen and oxygen atoms in total. The highest BCUT2D eigenvalue weighted by Crippen LogP contribution is 2.13. The van der Waals surface area contributed by atoms with Gasteiger partial charge in [0.15, 0.2) is 6.39 Å². The first-order valence-electron chi connectivity index (χ1n) is 5.38. The van der Waals surface area contributed by atoms with E-state index in [0.29, 0.717) is 6.04 Å². The van der Waals surface area contributed by atoms with E-state index in [9.17, 15) is 0 Å². The number of rotatable bonds is 6. The predicted molar refractivity (Wildman–Crippen MR) is 56.9 cm³/mol. The molecule has 0 saturated heterocycles. The minimum Gasteiger partial charge on any atom is -0.447 e. The van der Waals surface area contributed by atoms with E-state index in [1.54, 1.807) is 6.20 Å². The largest absolute Gasteiger partial charge is 0.447 e. The van der Waals surface area contributed by atoms with Crippen LogP contribution in [0.1, 0.15) is 39.4 Å². The van der Waals surface area contributed by atoms with Crippen LogP contribution in [0.2, 0.25) is 0 Å². The summed E-state index contributed by atoms with van der Waals surface area (Å²) >= 11 is 0. The van der Waals surface area contributed by atoms with Gasteiger partial charge in [-0.2, -0.15) is 0 Å². The molecule has 0 aliphatic heterocycles. The van der Waals surface area contributed by atoms with E-state index in [-0.39, 0.29) is 0 Å². The first kappa shape index (κ1) is 11.2. The fraction of sp³-hybridized carbons (Fsp3) is 0.727. The van der Waals surface area contributed by atoms with Crippen LogP contribution in [0.25, 0.3) is 0 Å². The Morgan fingerprint density at radius 3 is 2.64 bits per heavy atom. The average Bonchev–Trinajstić information content (AvgIpc) is 2.69. The van der Waals surface area contributed by atoms with Crippen molar-refractivity contribution < 1.29 is 4.42 Å². The number of hydrogen-bond acceptors (Lipinski definition) is 3. The van der Waals surface area contributed by atoms with Crippen LogP contribution >= 0.6 is 0 Å². The molecular formula is C11H20N2O. The lowest BCUT2D eigenvalue weighted by Crippen LogP contribution is -2.32. The van der Waals surface area contributed by atoms with E-state index in [1.165, 1.54) is 19.2 Å². The quantitative estimate of drug-likeness (QED) is 0.760. The molecule has 0 spiro atoms. The molecule has 1 aromatic heterocycles. The summed E-state index contributed by atoms with van der Waals surface area (Å²) in [6, 6.07) is 0.537. The van der Waals surface area contributed by atoms with E-state index in [4.69, 9.17) is 4.42 Å². The van der Waals surface area contributed by atoms with Gasteiger partial charge >= 0.3 is 0 Å². The molecule has 0 amide bonds. The minimum absolute atomic E-state index is 0.537. The van der Waals surface area contributed by atoms with Crippen molar-refractivity contribution in [2.45, 2.75) is 46.2 Å². The average molecular weight is 196 g/mol. The van der Waals surface area contributed by atoms with Gasteiger partial charge in [0.05, 0.1) is 12.7 Å². The molecule has 1 aromatic rings. The van der Waals surface area contributed by atoms with Gasteiger partial charge in [0.25, 0.3) is 0 Å². The lowest BCUT2D eigenvalue weighted by molar-refractivity contribution is 0.340. The zero-order valence-electron chi connectivity index (χ0n) is 9.29. The maximum Gasteiger partial charge on any atom is 0.180 e. The first-order valence-corrected chi connectivity index (χ1v) is 5.38. The second-order valence-electron chi connectivity index (χ2n) is 3.71. The normalized spacial score (nSPS) is 13.4. The fourth-order valence-corrected chi connectivity index (χ4v) is 1.75. The van der Waals surface area contributed by atoms with Gasteiger partial charge in [0.2, 0.25) is 0 Å². The van der Waals surface area contributed by atoms with Crippen LogP contribution in [0.15, 0.2) is 17.0 Å². The van der Waals surface area contributed by atoms with Crippen molar-refractivity contribution in [3.05, 3.63) is 18.4 Å². The molecule has 80 valence electrons. The molecule has 1 heterocycles. The molecule has 3 heteroatoms. The number of oxazole rings is 1. The van der Waals surface area contributed by atoms with E-state index in [1.807, 2.05) is 0 Å². The van der Waals surface area contributed by atoms with E-state index in [0.717, 1.165) is 18.2 Å². The number of hydrogen-bond donors (Lipinski definition) is 1. The number of nitrogens with one attached hydrogen (secondary N) is 1. The van der Waals surface area contributed by atoms with Gasteiger partial charge in [-0.1, -0.05) is 26.7 Å². The summed E-state index contributed by atoms with van der Waals surface area (Å²) < 4.78 is 5.16. The van der Waals surface area contributed by atoms with E-state index in [2.05, 4.69) is 31.1 Å². The Kier molecular flexibility index (Phi) is 4.66. The zero-order valence-corrected chi connectivity index (χ0v) is 9.29. The van der Waals surface area contributed by atoms with E-state index < -0.39 is 0 Å². The third-order valence-corrected chi connectivity index (χ3v) is 2.84. The van der Waals surface area contributed by atoms with Gasteiger partial charge in [-0.25, -0.2) is 4.98 Å². The van der Waals surface area contributed by atoms with Crippen molar-refractivity contribution in [3.8, 4) is 0 Å². The molecular weight excluding hydrogens is 176 g/mol. The van der Waals surface area contributed by atoms with Crippen LogP contribution in [-0.2, 0) is 6.54 Å². The van der Waals surface area contributed by atoms with E-state index >= 15 is 0 Å². The highest BCUT2D eigenvalue weighted by Gasteiger charge is 2.12. The number of nitrogens with zero attached hydrogens (tertiary/aromatic N) is 1. The second kappa shape index (κ2) is 5.81. The molecule has 14 heavy (non-hydrogen) atoms. The molecule has 0 aliphatic rings. The molecule has 0 aliphatic carbocycles. The summed E-state index contributed by atoms with van der Waals surface area (Å²) in [4.78, 5) is 3.88. The summed E-state index contributed by atoms with van der Waals surface area (Å²) in [5.41, 5.74) is 0. The van der Waals surface area contributed by atoms with Gasteiger partial charge < -0.3 is 9.73 Å². The Balaban J connectivity index is 2.30. The Hall–Kier alpha value is -0.830. The first-order chi connectivity index (χ1) is 6.77. The van der Waals surface area contributed by atoms with Gasteiger partial charge in [-0.05, 0) is 12.8 Å². The summed E-state index contributed by atoms with van der Waals surface area (Å²) in [6.07, 6.45) is 5.67. The molecule has 1 atom stereocenters. The topological polar surface area (TPSA) is 38.1 Å². The summed E-state index contributed by atoms with van der Waals surface area (Å²) in [5.74, 6) is 1.65. The highest BCUT2D eigenvalue weighted by atomic mass is 16.3. The maximum atomic E-state index is 5.16. The van der Waals surface area contributed by atoms with Crippen molar-refractivity contribution in [1.82, 2.24) is 10.3 Å². The van der Waals surface area contributed by atoms with Crippen LogP contribution in [0.3, 0.4) is 0 Å².